The van der Waals surface area contributed by atoms with E-state index in [-0.39, 0.29) is 0 Å². The van der Waals surface area contributed by atoms with E-state index in [9.17, 15) is 0 Å². The Morgan fingerprint density at radius 3 is 2.76 bits per heavy atom. The van der Waals surface area contributed by atoms with E-state index in [1.165, 1.54) is 58.5 Å². The van der Waals surface area contributed by atoms with Crippen molar-refractivity contribution in [3.63, 3.8) is 0 Å². The molecule has 2 atom stereocenters. The Morgan fingerprint density at radius 2 is 2.18 bits per heavy atom. The van der Waals surface area contributed by atoms with Crippen LogP contribution < -0.4 is 5.32 Å². The predicted octanol–water partition coefficient (Wildman–Crippen LogP) is 1.40. The number of piperazine rings is 1. The van der Waals surface area contributed by atoms with Gasteiger partial charge in [0.15, 0.2) is 0 Å². The van der Waals surface area contributed by atoms with E-state index in [1.54, 1.807) is 0 Å². The highest BCUT2D eigenvalue weighted by Crippen LogP contribution is 2.32. The molecular weight excluding hydrogens is 210 g/mol. The van der Waals surface area contributed by atoms with Crippen molar-refractivity contribution in [2.75, 3.05) is 46.3 Å². The van der Waals surface area contributed by atoms with E-state index >= 15 is 0 Å². The molecule has 2 rings (SSSR count). The summed E-state index contributed by atoms with van der Waals surface area (Å²) in [6, 6.07) is 0.721. The first-order chi connectivity index (χ1) is 8.15. The fourth-order valence-corrected chi connectivity index (χ4v) is 3.42. The molecule has 0 bridgehead atoms. The highest BCUT2D eigenvalue weighted by Gasteiger charge is 2.34. The van der Waals surface area contributed by atoms with E-state index < -0.39 is 0 Å². The van der Waals surface area contributed by atoms with Crippen molar-refractivity contribution in [2.45, 2.75) is 39.2 Å². The highest BCUT2D eigenvalue weighted by atomic mass is 15.3. The Morgan fingerprint density at radius 1 is 1.35 bits per heavy atom. The molecule has 0 aromatic rings. The van der Waals surface area contributed by atoms with Crippen LogP contribution >= 0.6 is 0 Å². The molecule has 0 aromatic heterocycles. The number of nitrogens with zero attached hydrogens (tertiary/aromatic N) is 2. The van der Waals surface area contributed by atoms with E-state index in [0.29, 0.717) is 5.41 Å². The first-order valence-electron chi connectivity index (χ1n) is 7.28. The predicted molar refractivity (Wildman–Crippen MR) is 73.4 cm³/mol. The molecule has 0 aliphatic carbocycles. The zero-order valence-corrected chi connectivity index (χ0v) is 11.8. The van der Waals surface area contributed by atoms with Crippen molar-refractivity contribution in [3.05, 3.63) is 0 Å². The van der Waals surface area contributed by atoms with Gasteiger partial charge in [-0.1, -0.05) is 6.92 Å². The quantitative estimate of drug-likeness (QED) is 0.803. The first-order valence-corrected chi connectivity index (χ1v) is 7.28. The topological polar surface area (TPSA) is 18.5 Å². The zero-order chi connectivity index (χ0) is 12.3. The lowest BCUT2D eigenvalue weighted by Gasteiger charge is -2.46. The third-order valence-electron chi connectivity index (χ3n) is 4.82. The average Bonchev–Trinajstić information content (AvgIpc) is 2.34. The molecule has 1 N–H and O–H groups in total. The fourth-order valence-electron chi connectivity index (χ4n) is 3.42. The van der Waals surface area contributed by atoms with Crippen LogP contribution in [0, 0.1) is 5.41 Å². The molecule has 17 heavy (non-hydrogen) atoms. The maximum Gasteiger partial charge on any atom is 0.0195 e. The van der Waals surface area contributed by atoms with Gasteiger partial charge in [-0.15, -0.1) is 0 Å². The number of likely N-dealkylation sites (N-methyl/N-ethyl adjacent to an activating group) is 1. The van der Waals surface area contributed by atoms with Gasteiger partial charge in [-0.3, -0.25) is 4.90 Å². The summed E-state index contributed by atoms with van der Waals surface area (Å²) >= 11 is 0. The average molecular weight is 239 g/mol. The Bertz CT molecular complexity index is 236. The maximum atomic E-state index is 3.60. The van der Waals surface area contributed by atoms with Crippen LogP contribution in [0.3, 0.4) is 0 Å². The lowest BCUT2D eigenvalue weighted by atomic mass is 9.77. The van der Waals surface area contributed by atoms with Gasteiger partial charge in [0.25, 0.3) is 0 Å². The van der Waals surface area contributed by atoms with E-state index in [0.717, 1.165) is 6.04 Å². The van der Waals surface area contributed by atoms with Gasteiger partial charge < -0.3 is 10.2 Å². The van der Waals surface area contributed by atoms with Crippen molar-refractivity contribution in [1.82, 2.24) is 15.1 Å². The Balaban J connectivity index is 1.93. The molecule has 3 nitrogen and oxygen atoms in total. The monoisotopic (exact) mass is 239 g/mol. The molecule has 2 heterocycles. The molecule has 100 valence electrons. The molecule has 3 heteroatoms. The molecule has 0 radical (unpaired) electrons. The van der Waals surface area contributed by atoms with E-state index in [4.69, 9.17) is 0 Å². The van der Waals surface area contributed by atoms with Crippen LogP contribution in [0.1, 0.15) is 33.1 Å². The third kappa shape index (κ3) is 3.21. The van der Waals surface area contributed by atoms with Crippen LogP contribution in [0.25, 0.3) is 0 Å². The van der Waals surface area contributed by atoms with Crippen molar-refractivity contribution in [2.24, 2.45) is 5.41 Å². The second kappa shape index (κ2) is 5.68. The van der Waals surface area contributed by atoms with Crippen molar-refractivity contribution < 1.29 is 0 Å². The number of nitrogens with one attached hydrogen (secondary N) is 1. The van der Waals surface area contributed by atoms with Gasteiger partial charge in [-0.05, 0) is 45.2 Å². The minimum atomic E-state index is 0.544. The Kier molecular flexibility index (Phi) is 4.45. The van der Waals surface area contributed by atoms with Gasteiger partial charge >= 0.3 is 0 Å². The Labute approximate surface area is 107 Å². The molecule has 0 aromatic carbocycles. The third-order valence-corrected chi connectivity index (χ3v) is 4.82. The second-order valence-electron chi connectivity index (χ2n) is 6.22. The SMILES string of the molecule is CCC1(CN2CCN(C)CC2C)CCCNC1. The van der Waals surface area contributed by atoms with Crippen molar-refractivity contribution >= 4 is 0 Å². The summed E-state index contributed by atoms with van der Waals surface area (Å²) in [7, 11) is 2.24. The van der Waals surface area contributed by atoms with Gasteiger partial charge in [-0.25, -0.2) is 0 Å². The normalized spacial score (nSPS) is 37.2. The highest BCUT2D eigenvalue weighted by molar-refractivity contribution is 4.90. The summed E-state index contributed by atoms with van der Waals surface area (Å²) in [5.41, 5.74) is 0.544. The lowest BCUT2D eigenvalue weighted by molar-refractivity contribution is 0.0407. The summed E-state index contributed by atoms with van der Waals surface area (Å²) in [5.74, 6) is 0. The van der Waals surface area contributed by atoms with Crippen LogP contribution in [0.15, 0.2) is 0 Å². The lowest BCUT2D eigenvalue weighted by Crippen LogP contribution is -2.56. The van der Waals surface area contributed by atoms with Crippen LogP contribution in [0.2, 0.25) is 0 Å². The van der Waals surface area contributed by atoms with Gasteiger partial charge in [0.1, 0.15) is 0 Å². The summed E-state index contributed by atoms with van der Waals surface area (Å²) in [6.07, 6.45) is 4.09. The summed E-state index contributed by atoms with van der Waals surface area (Å²) in [4.78, 5) is 5.18. The van der Waals surface area contributed by atoms with Gasteiger partial charge in [0.05, 0.1) is 0 Å². The van der Waals surface area contributed by atoms with Crippen LogP contribution in [-0.2, 0) is 0 Å². The number of rotatable bonds is 3. The number of hydrogen-bond donors (Lipinski definition) is 1. The molecule has 2 aliphatic heterocycles. The maximum absolute atomic E-state index is 3.60. The molecule has 0 amide bonds. The van der Waals surface area contributed by atoms with E-state index in [2.05, 4.69) is 36.0 Å². The molecule has 2 unspecified atom stereocenters. The van der Waals surface area contributed by atoms with Crippen molar-refractivity contribution in [3.8, 4) is 0 Å². The number of piperidine rings is 1. The fraction of sp³-hybridized carbons (Fsp3) is 1.00. The minimum absolute atomic E-state index is 0.544. The molecule has 0 saturated carbocycles. The standard InChI is InChI=1S/C14H29N3/c1-4-14(6-5-7-15-11-14)12-17-9-8-16(3)10-13(17)2/h13,15H,4-12H2,1-3H3. The Hall–Kier alpha value is -0.120. The summed E-state index contributed by atoms with van der Waals surface area (Å²) in [5, 5.41) is 3.60. The largest absolute Gasteiger partial charge is 0.316 e. The molecule has 2 fully saturated rings. The smallest absolute Gasteiger partial charge is 0.0195 e. The molecule has 2 saturated heterocycles. The molecule has 0 spiro atoms. The number of hydrogen-bond acceptors (Lipinski definition) is 3. The molecular formula is C14H29N3. The van der Waals surface area contributed by atoms with E-state index in [1.807, 2.05) is 0 Å². The zero-order valence-electron chi connectivity index (χ0n) is 11.8. The second-order valence-corrected chi connectivity index (χ2v) is 6.22. The van der Waals surface area contributed by atoms with Gasteiger partial charge in [-0.2, -0.15) is 0 Å². The van der Waals surface area contributed by atoms with Crippen LogP contribution in [0.5, 0.6) is 0 Å². The minimum Gasteiger partial charge on any atom is -0.316 e. The summed E-state index contributed by atoms with van der Waals surface area (Å²) < 4.78 is 0. The molecule has 2 aliphatic rings. The first kappa shape index (κ1) is 13.3. The van der Waals surface area contributed by atoms with Gasteiger partial charge in [0, 0.05) is 38.8 Å². The van der Waals surface area contributed by atoms with Crippen LogP contribution in [0.4, 0.5) is 0 Å². The van der Waals surface area contributed by atoms with Crippen molar-refractivity contribution in [1.29, 1.82) is 0 Å². The van der Waals surface area contributed by atoms with Gasteiger partial charge in [0.2, 0.25) is 0 Å². The van der Waals surface area contributed by atoms with Crippen LogP contribution in [-0.4, -0.2) is 62.2 Å². The summed E-state index contributed by atoms with van der Waals surface area (Å²) in [6.45, 7) is 12.2.